The third-order valence-corrected chi connectivity index (χ3v) is 2.45. The van der Waals surface area contributed by atoms with Gasteiger partial charge in [0, 0.05) is 6.04 Å². The topological polar surface area (TPSA) is 72.8 Å². The van der Waals surface area contributed by atoms with E-state index < -0.39 is 5.97 Å². The van der Waals surface area contributed by atoms with E-state index in [1.807, 2.05) is 4.57 Å². The Kier molecular flexibility index (Phi) is 2.95. The quantitative estimate of drug-likeness (QED) is 0.819. The van der Waals surface area contributed by atoms with E-state index >= 15 is 0 Å². The molecule has 6 heteroatoms. The molecule has 1 N–H and O–H groups in total. The molecule has 0 aliphatic carbocycles. The minimum absolute atomic E-state index is 0.277. The van der Waals surface area contributed by atoms with Crippen molar-refractivity contribution in [3.8, 4) is 11.5 Å². The molecule has 0 aliphatic rings. The van der Waals surface area contributed by atoms with Crippen LogP contribution in [0.25, 0.3) is 11.5 Å². The minimum Gasteiger partial charge on any atom is -0.464 e. The molecule has 0 amide bonds. The Bertz CT molecular complexity index is 527. The third kappa shape index (κ3) is 2.06. The molecule has 0 unspecified atom stereocenters. The fourth-order valence-corrected chi connectivity index (χ4v) is 1.56. The molecule has 2 heterocycles. The van der Waals surface area contributed by atoms with Gasteiger partial charge in [0.05, 0.1) is 25.8 Å². The number of H-pyrrole nitrogens is 1. The van der Waals surface area contributed by atoms with E-state index in [0.29, 0.717) is 11.5 Å². The summed E-state index contributed by atoms with van der Waals surface area (Å²) in [6.45, 7) is 4.10. The van der Waals surface area contributed by atoms with Gasteiger partial charge in [-0.3, -0.25) is 0 Å². The number of hydrogen-bond acceptors (Lipinski definition) is 4. The summed E-state index contributed by atoms with van der Waals surface area (Å²) in [6.07, 6.45) is 4.90. The summed E-state index contributed by atoms with van der Waals surface area (Å²) < 4.78 is 6.58. The minimum atomic E-state index is -0.431. The first-order valence-corrected chi connectivity index (χ1v) is 5.29. The number of esters is 1. The Hall–Kier alpha value is -2.11. The molecule has 2 aromatic heterocycles. The van der Waals surface area contributed by atoms with Crippen molar-refractivity contribution in [2.24, 2.45) is 0 Å². The molecule has 0 radical (unpaired) electrons. The highest BCUT2D eigenvalue weighted by Gasteiger charge is 2.14. The molecule has 0 saturated heterocycles. The summed E-state index contributed by atoms with van der Waals surface area (Å²) in [4.78, 5) is 22.4. The normalized spacial score (nSPS) is 10.8. The number of rotatable bonds is 3. The zero-order valence-electron chi connectivity index (χ0n) is 9.97. The van der Waals surface area contributed by atoms with Crippen molar-refractivity contribution in [3.05, 3.63) is 24.4 Å². The Morgan fingerprint density at radius 3 is 2.88 bits per heavy atom. The number of ether oxygens (including phenoxy) is 1. The van der Waals surface area contributed by atoms with E-state index in [1.54, 1.807) is 12.5 Å². The second-order valence-corrected chi connectivity index (χ2v) is 3.92. The van der Waals surface area contributed by atoms with E-state index in [2.05, 4.69) is 33.5 Å². The highest BCUT2D eigenvalue weighted by molar-refractivity contribution is 5.87. The van der Waals surface area contributed by atoms with Crippen molar-refractivity contribution in [1.82, 2.24) is 19.5 Å². The monoisotopic (exact) mass is 234 g/mol. The van der Waals surface area contributed by atoms with Crippen LogP contribution in [0.2, 0.25) is 0 Å². The highest BCUT2D eigenvalue weighted by Crippen LogP contribution is 2.19. The van der Waals surface area contributed by atoms with E-state index in [0.717, 1.165) is 5.69 Å². The summed E-state index contributed by atoms with van der Waals surface area (Å²) >= 11 is 0. The Morgan fingerprint density at radius 2 is 2.24 bits per heavy atom. The van der Waals surface area contributed by atoms with Gasteiger partial charge in [0.15, 0.2) is 5.82 Å². The van der Waals surface area contributed by atoms with Crippen molar-refractivity contribution >= 4 is 5.97 Å². The zero-order chi connectivity index (χ0) is 12.4. The van der Waals surface area contributed by atoms with Crippen LogP contribution >= 0.6 is 0 Å². The number of aromatic nitrogens is 4. The standard InChI is InChI=1S/C11H14N4O2/c1-7(2)15-6-12-5-9(15)10-13-4-8(14-10)11(16)17-3/h4-7H,1-3H3,(H,13,14). The van der Waals surface area contributed by atoms with Crippen molar-refractivity contribution in [1.29, 1.82) is 0 Å². The Labute approximate surface area is 98.7 Å². The molecule has 17 heavy (non-hydrogen) atoms. The van der Waals surface area contributed by atoms with Crippen LogP contribution < -0.4 is 0 Å². The van der Waals surface area contributed by atoms with Gasteiger partial charge in [-0.25, -0.2) is 14.8 Å². The number of methoxy groups -OCH3 is 1. The molecule has 0 spiro atoms. The number of aromatic amines is 1. The Morgan fingerprint density at radius 1 is 1.47 bits per heavy atom. The number of carbonyl (C=O) groups excluding carboxylic acids is 1. The molecule has 0 aliphatic heterocycles. The predicted octanol–water partition coefficient (Wildman–Crippen LogP) is 1.64. The van der Waals surface area contributed by atoms with Gasteiger partial charge in [-0.2, -0.15) is 0 Å². The Balaban J connectivity index is 2.37. The first-order chi connectivity index (χ1) is 8.13. The van der Waals surface area contributed by atoms with Gasteiger partial charge in [-0.15, -0.1) is 0 Å². The van der Waals surface area contributed by atoms with Gasteiger partial charge >= 0.3 is 5.97 Å². The highest BCUT2D eigenvalue weighted by atomic mass is 16.5. The lowest BCUT2D eigenvalue weighted by atomic mass is 10.3. The summed E-state index contributed by atoms with van der Waals surface area (Å²) in [5.74, 6) is 0.177. The van der Waals surface area contributed by atoms with E-state index in [4.69, 9.17) is 0 Å². The van der Waals surface area contributed by atoms with Crippen molar-refractivity contribution in [2.45, 2.75) is 19.9 Å². The maximum absolute atomic E-state index is 11.3. The maximum atomic E-state index is 11.3. The average Bonchev–Trinajstić information content (AvgIpc) is 2.95. The molecule has 0 aromatic carbocycles. The van der Waals surface area contributed by atoms with Crippen LogP contribution in [-0.4, -0.2) is 32.6 Å². The molecule has 6 nitrogen and oxygen atoms in total. The largest absolute Gasteiger partial charge is 0.464 e. The van der Waals surface area contributed by atoms with Gasteiger partial charge in [-0.1, -0.05) is 0 Å². The number of hydrogen-bond donors (Lipinski definition) is 1. The molecular formula is C11H14N4O2. The summed E-state index contributed by atoms with van der Waals surface area (Å²) in [5.41, 5.74) is 1.18. The van der Waals surface area contributed by atoms with Gasteiger partial charge in [0.2, 0.25) is 0 Å². The van der Waals surface area contributed by atoms with Crippen LogP contribution in [0.15, 0.2) is 18.7 Å². The van der Waals surface area contributed by atoms with Crippen molar-refractivity contribution in [3.63, 3.8) is 0 Å². The van der Waals surface area contributed by atoms with Gasteiger partial charge < -0.3 is 14.3 Å². The van der Waals surface area contributed by atoms with Gasteiger partial charge in [0.25, 0.3) is 0 Å². The second kappa shape index (κ2) is 4.40. The lowest BCUT2D eigenvalue weighted by Gasteiger charge is -2.09. The predicted molar refractivity (Wildman–Crippen MR) is 61.5 cm³/mol. The van der Waals surface area contributed by atoms with Gasteiger partial charge in [0.1, 0.15) is 11.4 Å². The first-order valence-electron chi connectivity index (χ1n) is 5.29. The molecular weight excluding hydrogens is 220 g/mol. The zero-order valence-corrected chi connectivity index (χ0v) is 9.97. The average molecular weight is 234 g/mol. The molecule has 0 atom stereocenters. The number of nitrogens with zero attached hydrogens (tertiary/aromatic N) is 3. The lowest BCUT2D eigenvalue weighted by molar-refractivity contribution is 0.0595. The van der Waals surface area contributed by atoms with Crippen LogP contribution in [0.5, 0.6) is 0 Å². The van der Waals surface area contributed by atoms with E-state index in [-0.39, 0.29) is 6.04 Å². The van der Waals surface area contributed by atoms with Crippen LogP contribution in [0, 0.1) is 0 Å². The van der Waals surface area contributed by atoms with E-state index in [9.17, 15) is 4.79 Å². The molecule has 0 saturated carbocycles. The number of nitrogens with one attached hydrogen (secondary N) is 1. The lowest BCUT2D eigenvalue weighted by Crippen LogP contribution is -2.03. The third-order valence-electron chi connectivity index (χ3n) is 2.45. The van der Waals surface area contributed by atoms with Crippen LogP contribution in [-0.2, 0) is 4.74 Å². The van der Waals surface area contributed by atoms with Crippen molar-refractivity contribution < 1.29 is 9.53 Å². The van der Waals surface area contributed by atoms with Crippen LogP contribution in [0.4, 0.5) is 0 Å². The summed E-state index contributed by atoms with van der Waals surface area (Å²) in [7, 11) is 1.33. The van der Waals surface area contributed by atoms with Crippen molar-refractivity contribution in [2.75, 3.05) is 7.11 Å². The molecule has 90 valence electrons. The van der Waals surface area contributed by atoms with Crippen LogP contribution in [0.1, 0.15) is 30.4 Å². The molecule has 2 rings (SSSR count). The number of imidazole rings is 2. The van der Waals surface area contributed by atoms with E-state index in [1.165, 1.54) is 13.3 Å². The maximum Gasteiger partial charge on any atom is 0.356 e. The van der Waals surface area contributed by atoms with Crippen LogP contribution in [0.3, 0.4) is 0 Å². The SMILES string of the molecule is COC(=O)c1cnc(-c2cncn2C(C)C)[nH]1. The molecule has 0 fully saturated rings. The fraction of sp³-hybridized carbons (Fsp3) is 0.364. The molecule has 0 bridgehead atoms. The summed E-state index contributed by atoms with van der Waals surface area (Å²) in [6, 6.07) is 0.277. The fourth-order valence-electron chi connectivity index (χ4n) is 1.56. The number of carbonyl (C=O) groups is 1. The second-order valence-electron chi connectivity index (χ2n) is 3.92. The van der Waals surface area contributed by atoms with Gasteiger partial charge in [-0.05, 0) is 13.8 Å². The smallest absolute Gasteiger partial charge is 0.356 e. The summed E-state index contributed by atoms with van der Waals surface area (Å²) in [5, 5.41) is 0. The first kappa shape index (κ1) is 11.4. The molecule has 2 aromatic rings.